The number of ether oxygens (including phenoxy) is 1. The van der Waals surface area contributed by atoms with Gasteiger partial charge in [0.05, 0.1) is 7.85 Å². The van der Waals surface area contributed by atoms with Gasteiger partial charge in [-0.2, -0.15) is 0 Å². The Morgan fingerprint density at radius 2 is 1.56 bits per heavy atom. The van der Waals surface area contributed by atoms with Crippen LogP contribution in [0.15, 0.2) is 29.2 Å². The third-order valence-corrected chi connectivity index (χ3v) is 12.0. The van der Waals surface area contributed by atoms with Crippen LogP contribution in [0.1, 0.15) is 120 Å². The SMILES string of the molecule is C=C=C(C)OC1CCC2(C)C(CCC3(C)C4CCC5(C)CC(=O)C(C(C)C)=C5C4CCC32)C1C.CC.NC=O.[B]C. The zero-order valence-corrected chi connectivity index (χ0v) is 28.1. The molecule has 0 heterocycles. The summed E-state index contributed by atoms with van der Waals surface area (Å²) in [7, 11) is 4.50. The third kappa shape index (κ3) is 6.18. The summed E-state index contributed by atoms with van der Waals surface area (Å²) in [4.78, 5) is 21.7. The molecule has 230 valence electrons. The summed E-state index contributed by atoms with van der Waals surface area (Å²) in [6, 6.07) is 0. The Labute approximate surface area is 253 Å². The van der Waals surface area contributed by atoms with Crippen molar-refractivity contribution in [2.45, 2.75) is 133 Å². The minimum absolute atomic E-state index is 0.141. The van der Waals surface area contributed by atoms with Crippen LogP contribution in [0.5, 0.6) is 0 Å². The molecule has 1 amide bonds. The molecule has 4 nitrogen and oxygen atoms in total. The minimum Gasteiger partial charge on any atom is -0.487 e. The van der Waals surface area contributed by atoms with Crippen LogP contribution in [0.3, 0.4) is 0 Å². The molecular weight excluding hydrogens is 505 g/mol. The second-order valence-corrected chi connectivity index (χ2v) is 14.1. The van der Waals surface area contributed by atoms with Crippen LogP contribution < -0.4 is 5.73 Å². The summed E-state index contributed by atoms with van der Waals surface area (Å²) in [6.45, 7) is 26.0. The number of carbonyl (C=O) groups is 2. The van der Waals surface area contributed by atoms with Crippen molar-refractivity contribution in [2.75, 3.05) is 0 Å². The Morgan fingerprint density at radius 1 is 1.02 bits per heavy atom. The molecule has 4 saturated carbocycles. The van der Waals surface area contributed by atoms with E-state index in [9.17, 15) is 4.79 Å². The number of ketones is 1. The molecule has 9 atom stereocenters. The second-order valence-electron chi connectivity index (χ2n) is 14.1. The lowest BCUT2D eigenvalue weighted by Gasteiger charge is -2.67. The normalized spacial score (nSPS) is 40.3. The maximum Gasteiger partial charge on any atom is 0.204 e. The average Bonchev–Trinajstić information content (AvgIpc) is 3.23. The number of amides is 1. The fourth-order valence-electron chi connectivity index (χ4n) is 10.6. The van der Waals surface area contributed by atoms with E-state index in [0.717, 1.165) is 36.4 Å². The van der Waals surface area contributed by atoms with Gasteiger partial charge in [0.15, 0.2) is 5.78 Å². The first-order valence-electron chi connectivity index (χ1n) is 16.4. The molecule has 5 rings (SSSR count). The van der Waals surface area contributed by atoms with Gasteiger partial charge in [0, 0.05) is 13.3 Å². The Balaban J connectivity index is 0.000000775. The Hall–Kier alpha value is -1.74. The standard InChI is InChI=1S/C32H48O2.C2H6.CH3B.CH3NO/c1-9-20(4)34-26-14-17-31(7)23(21(26)5)13-16-32(8)24-12-15-30(6)18-25(33)28(19(2)3)29(30)22(24)10-11-27(31)32;2*1-2;2-1-3/h19,21-24,26-27H,1,10-18H2,2-8H3;1-2H3;1H3;1H,(H2,2,3). The van der Waals surface area contributed by atoms with E-state index in [1.807, 2.05) is 20.8 Å². The van der Waals surface area contributed by atoms with E-state index in [2.05, 4.69) is 67.4 Å². The van der Waals surface area contributed by atoms with E-state index in [-0.39, 0.29) is 11.8 Å². The average molecular weight is 566 g/mol. The van der Waals surface area contributed by atoms with E-state index < -0.39 is 0 Å². The van der Waals surface area contributed by atoms with Crippen molar-refractivity contribution in [3.05, 3.63) is 29.2 Å². The van der Waals surface area contributed by atoms with E-state index in [1.54, 1.807) is 5.57 Å². The molecule has 0 aliphatic heterocycles. The van der Waals surface area contributed by atoms with E-state index >= 15 is 0 Å². The van der Waals surface area contributed by atoms with Crippen molar-refractivity contribution in [1.29, 1.82) is 0 Å². The molecule has 2 radical (unpaired) electrons. The summed E-state index contributed by atoms with van der Waals surface area (Å²) in [6.07, 6.45) is 11.6. The van der Waals surface area contributed by atoms with E-state index in [1.165, 1.54) is 57.3 Å². The van der Waals surface area contributed by atoms with Crippen LogP contribution in [0, 0.1) is 51.8 Å². The summed E-state index contributed by atoms with van der Waals surface area (Å²) in [5.74, 6) is 5.20. The van der Waals surface area contributed by atoms with Gasteiger partial charge in [0.1, 0.15) is 11.9 Å². The summed E-state index contributed by atoms with van der Waals surface area (Å²) < 4.78 is 6.30. The van der Waals surface area contributed by atoms with Gasteiger partial charge in [-0.3, -0.25) is 9.59 Å². The van der Waals surface area contributed by atoms with Crippen molar-refractivity contribution < 1.29 is 14.3 Å². The van der Waals surface area contributed by atoms with Gasteiger partial charge in [0.2, 0.25) is 6.41 Å². The van der Waals surface area contributed by atoms with Gasteiger partial charge < -0.3 is 10.5 Å². The zero-order valence-electron chi connectivity index (χ0n) is 28.1. The van der Waals surface area contributed by atoms with Crippen LogP contribution in [0.4, 0.5) is 0 Å². The number of rotatable bonds is 3. The lowest BCUT2D eigenvalue weighted by molar-refractivity contribution is -0.180. The molecule has 0 aromatic rings. The lowest BCUT2D eigenvalue weighted by Crippen LogP contribution is -2.60. The topological polar surface area (TPSA) is 69.4 Å². The molecule has 41 heavy (non-hydrogen) atoms. The van der Waals surface area contributed by atoms with Gasteiger partial charge in [-0.15, -0.1) is 0 Å². The summed E-state index contributed by atoms with van der Waals surface area (Å²) in [5.41, 5.74) is 10.9. The van der Waals surface area contributed by atoms with Crippen LogP contribution in [-0.2, 0) is 14.3 Å². The van der Waals surface area contributed by atoms with Gasteiger partial charge in [-0.05, 0) is 109 Å². The van der Waals surface area contributed by atoms with Crippen molar-refractivity contribution in [1.82, 2.24) is 0 Å². The molecule has 4 fully saturated rings. The molecule has 0 aromatic carbocycles. The van der Waals surface area contributed by atoms with Gasteiger partial charge in [-0.25, -0.2) is 0 Å². The Morgan fingerprint density at radius 3 is 2.12 bits per heavy atom. The highest BCUT2D eigenvalue weighted by Gasteiger charge is 2.64. The highest BCUT2D eigenvalue weighted by Crippen LogP contribution is 2.71. The number of fused-ring (bicyclic) bond motifs is 7. The zero-order chi connectivity index (χ0) is 31.3. The summed E-state index contributed by atoms with van der Waals surface area (Å²) in [5, 5.41) is 0. The molecule has 0 bridgehead atoms. The number of Topliss-reactive ketones (excluding diaryl/α,β-unsaturated/α-hetero) is 1. The molecule has 9 unspecified atom stereocenters. The third-order valence-electron chi connectivity index (χ3n) is 12.0. The highest BCUT2D eigenvalue weighted by atomic mass is 16.5. The lowest BCUT2D eigenvalue weighted by atomic mass is 9.38. The molecule has 5 heteroatoms. The molecule has 0 aromatic heterocycles. The van der Waals surface area contributed by atoms with Crippen molar-refractivity contribution >= 4 is 20.0 Å². The van der Waals surface area contributed by atoms with Gasteiger partial charge >= 0.3 is 0 Å². The first kappa shape index (κ1) is 35.5. The first-order chi connectivity index (χ1) is 19.4. The van der Waals surface area contributed by atoms with Crippen LogP contribution in [-0.4, -0.2) is 26.1 Å². The minimum atomic E-state index is 0.141. The molecule has 0 spiro atoms. The highest BCUT2D eigenvalue weighted by molar-refractivity contribution is 6.05. The quantitative estimate of drug-likeness (QED) is 0.161. The fourth-order valence-corrected chi connectivity index (χ4v) is 10.6. The Bertz CT molecular complexity index is 1010. The number of nitrogens with two attached hydrogens (primary N) is 1. The molecular formula is C36H60BNO3. The maximum absolute atomic E-state index is 13.1. The number of hydrogen-bond acceptors (Lipinski definition) is 3. The van der Waals surface area contributed by atoms with E-state index in [0.29, 0.717) is 40.5 Å². The van der Waals surface area contributed by atoms with Crippen molar-refractivity contribution in [2.24, 2.45) is 57.5 Å². The Kier molecular flexibility index (Phi) is 12.2. The summed E-state index contributed by atoms with van der Waals surface area (Å²) >= 11 is 0. The molecule has 5 aliphatic rings. The number of carbonyl (C=O) groups excluding carboxylic acids is 2. The van der Waals surface area contributed by atoms with Crippen LogP contribution in [0.25, 0.3) is 0 Å². The van der Waals surface area contributed by atoms with Gasteiger partial charge in [-0.1, -0.05) is 80.1 Å². The maximum atomic E-state index is 13.1. The van der Waals surface area contributed by atoms with E-state index in [4.69, 9.17) is 9.53 Å². The largest absolute Gasteiger partial charge is 0.487 e. The van der Waals surface area contributed by atoms with Crippen molar-refractivity contribution in [3.8, 4) is 0 Å². The predicted octanol–water partition coefficient (Wildman–Crippen LogP) is 8.61. The molecule has 0 saturated heterocycles. The predicted molar refractivity (Wildman–Crippen MR) is 172 cm³/mol. The second kappa shape index (κ2) is 14.2. The molecule has 5 aliphatic carbocycles. The van der Waals surface area contributed by atoms with Gasteiger partial charge in [0.25, 0.3) is 0 Å². The first-order valence-corrected chi connectivity index (χ1v) is 16.4. The monoisotopic (exact) mass is 565 g/mol. The number of hydrogen-bond donors (Lipinski definition) is 1. The molecule has 2 N–H and O–H groups in total. The van der Waals surface area contributed by atoms with Crippen LogP contribution >= 0.6 is 0 Å². The fraction of sp³-hybridized carbons (Fsp3) is 0.806. The number of primary amides is 1. The van der Waals surface area contributed by atoms with Crippen molar-refractivity contribution in [3.63, 3.8) is 0 Å². The number of allylic oxidation sites excluding steroid dienone is 3. The van der Waals surface area contributed by atoms with Crippen LogP contribution in [0.2, 0.25) is 6.82 Å². The smallest absolute Gasteiger partial charge is 0.204 e.